The molecule has 0 bridgehead atoms. The smallest absolute Gasteiger partial charge is 0.271 e. The maximum absolute atomic E-state index is 13.3. The van der Waals surface area contributed by atoms with Crippen molar-refractivity contribution in [1.29, 1.82) is 0 Å². The highest BCUT2D eigenvalue weighted by molar-refractivity contribution is 5.93. The van der Waals surface area contributed by atoms with E-state index in [1.54, 1.807) is 46.1 Å². The fraction of sp³-hybridized carbons (Fsp3) is 0.222. The van der Waals surface area contributed by atoms with Crippen LogP contribution in [0, 0.1) is 5.82 Å². The first-order valence-electron chi connectivity index (χ1n) is 8.21. The summed E-state index contributed by atoms with van der Waals surface area (Å²) in [7, 11) is 0. The monoisotopic (exact) mass is 353 g/mol. The highest BCUT2D eigenvalue weighted by atomic mass is 19.1. The Morgan fingerprint density at radius 3 is 3.04 bits per heavy atom. The van der Waals surface area contributed by atoms with Gasteiger partial charge < -0.3 is 10.2 Å². The van der Waals surface area contributed by atoms with Crippen molar-refractivity contribution in [2.24, 2.45) is 0 Å². The summed E-state index contributed by atoms with van der Waals surface area (Å²) in [5, 5.41) is 2.83. The van der Waals surface area contributed by atoms with Gasteiger partial charge in [-0.1, -0.05) is 12.1 Å². The second-order valence-corrected chi connectivity index (χ2v) is 6.23. The third kappa shape index (κ3) is 3.26. The number of fused-ring (bicyclic) bond motifs is 1. The lowest BCUT2D eigenvalue weighted by molar-refractivity contribution is -0.128. The van der Waals surface area contributed by atoms with Crippen molar-refractivity contribution in [2.75, 3.05) is 6.54 Å². The second-order valence-electron chi connectivity index (χ2n) is 6.23. The Morgan fingerprint density at radius 1 is 1.35 bits per heavy atom. The first-order chi connectivity index (χ1) is 12.6. The van der Waals surface area contributed by atoms with Crippen molar-refractivity contribution >= 4 is 17.6 Å². The highest BCUT2D eigenvalue weighted by Crippen LogP contribution is 2.16. The van der Waals surface area contributed by atoms with Crippen LogP contribution in [0.2, 0.25) is 0 Å². The van der Waals surface area contributed by atoms with Gasteiger partial charge in [0, 0.05) is 38.1 Å². The molecule has 2 amide bonds. The third-order valence-electron chi connectivity index (χ3n) is 4.28. The van der Waals surface area contributed by atoms with Gasteiger partial charge in [0.15, 0.2) is 0 Å². The first-order valence-corrected chi connectivity index (χ1v) is 8.21. The molecule has 1 fully saturated rings. The molecule has 3 aromatic rings. The van der Waals surface area contributed by atoms with E-state index in [9.17, 15) is 14.0 Å². The molecule has 0 radical (unpaired) electrons. The number of nitrogens with zero attached hydrogens (tertiary/aromatic N) is 4. The molecule has 1 aromatic carbocycles. The van der Waals surface area contributed by atoms with E-state index in [0.29, 0.717) is 18.9 Å². The molecule has 1 aliphatic heterocycles. The zero-order valence-electron chi connectivity index (χ0n) is 13.8. The Labute approximate surface area is 148 Å². The molecule has 3 heterocycles. The Kier molecular flexibility index (Phi) is 4.08. The Morgan fingerprint density at radius 2 is 2.23 bits per heavy atom. The first kappa shape index (κ1) is 16.2. The van der Waals surface area contributed by atoms with Gasteiger partial charge in [-0.3, -0.25) is 14.0 Å². The predicted octanol–water partition coefficient (Wildman–Crippen LogP) is 1.40. The normalized spacial score (nSPS) is 17.0. The van der Waals surface area contributed by atoms with Gasteiger partial charge in [0.2, 0.25) is 11.7 Å². The van der Waals surface area contributed by atoms with Crippen molar-refractivity contribution in [1.82, 2.24) is 24.6 Å². The minimum absolute atomic E-state index is 0.0729. The molecule has 26 heavy (non-hydrogen) atoms. The second kappa shape index (κ2) is 6.55. The number of imidazole rings is 1. The molecule has 7 nitrogen and oxygen atoms in total. The van der Waals surface area contributed by atoms with E-state index in [4.69, 9.17) is 0 Å². The number of carbonyl (C=O) groups is 2. The molecule has 1 N–H and O–H groups in total. The van der Waals surface area contributed by atoms with Crippen LogP contribution in [-0.2, 0) is 11.3 Å². The molecule has 0 saturated carbocycles. The highest BCUT2D eigenvalue weighted by Gasteiger charge is 2.31. The average molecular weight is 353 g/mol. The molecule has 0 spiro atoms. The van der Waals surface area contributed by atoms with Crippen molar-refractivity contribution in [2.45, 2.75) is 19.0 Å². The van der Waals surface area contributed by atoms with Crippen LogP contribution in [0.3, 0.4) is 0 Å². The number of hydrogen-bond donors (Lipinski definition) is 1. The van der Waals surface area contributed by atoms with Crippen LogP contribution in [0.5, 0.6) is 0 Å². The quantitative estimate of drug-likeness (QED) is 0.769. The fourth-order valence-electron chi connectivity index (χ4n) is 3.08. The van der Waals surface area contributed by atoms with Crippen LogP contribution in [-0.4, -0.2) is 43.7 Å². The molecule has 1 aliphatic rings. The number of carbonyl (C=O) groups excluding carboxylic acids is 2. The molecular formula is C18H16FN5O2. The summed E-state index contributed by atoms with van der Waals surface area (Å²) in [6.45, 7) is 0.702. The van der Waals surface area contributed by atoms with Gasteiger partial charge in [0.1, 0.15) is 11.5 Å². The molecule has 8 heteroatoms. The molecule has 1 saturated heterocycles. The van der Waals surface area contributed by atoms with E-state index in [0.717, 1.165) is 5.56 Å². The number of nitrogens with one attached hydrogen (secondary N) is 1. The Balaban J connectivity index is 1.41. The summed E-state index contributed by atoms with van der Waals surface area (Å²) in [5.74, 6) is -0.315. The molecule has 132 valence electrons. The maximum atomic E-state index is 13.3. The van der Waals surface area contributed by atoms with Gasteiger partial charge in [-0.15, -0.1) is 0 Å². The number of hydrogen-bond acceptors (Lipinski definition) is 4. The number of aromatic nitrogens is 3. The Hall–Kier alpha value is -3.29. The number of rotatable bonds is 4. The largest absolute Gasteiger partial charge is 0.346 e. The minimum atomic E-state index is -0.346. The summed E-state index contributed by atoms with van der Waals surface area (Å²) in [6, 6.07) is 7.59. The lowest BCUT2D eigenvalue weighted by Crippen LogP contribution is -2.37. The van der Waals surface area contributed by atoms with Crippen LogP contribution in [0.1, 0.15) is 22.5 Å². The fourth-order valence-corrected chi connectivity index (χ4v) is 3.08. The van der Waals surface area contributed by atoms with Crippen LogP contribution in [0.15, 0.2) is 48.9 Å². The number of likely N-dealkylation sites (tertiary alicyclic amines) is 1. The third-order valence-corrected chi connectivity index (χ3v) is 4.28. The van der Waals surface area contributed by atoms with Crippen molar-refractivity contribution < 1.29 is 14.0 Å². The van der Waals surface area contributed by atoms with E-state index in [1.165, 1.54) is 12.1 Å². The van der Waals surface area contributed by atoms with Crippen molar-refractivity contribution in [3.8, 4) is 0 Å². The van der Waals surface area contributed by atoms with Crippen LogP contribution in [0.25, 0.3) is 5.78 Å². The minimum Gasteiger partial charge on any atom is -0.346 e. The topological polar surface area (TPSA) is 79.6 Å². The van der Waals surface area contributed by atoms with E-state index in [1.807, 2.05) is 0 Å². The molecule has 1 atom stereocenters. The molecule has 1 unspecified atom stereocenters. The van der Waals surface area contributed by atoms with Gasteiger partial charge in [0.05, 0.1) is 6.04 Å². The Bertz CT molecular complexity index is 953. The van der Waals surface area contributed by atoms with Gasteiger partial charge in [-0.25, -0.2) is 14.4 Å². The molecule has 2 aromatic heterocycles. The van der Waals surface area contributed by atoms with Gasteiger partial charge in [-0.05, 0) is 23.8 Å². The summed E-state index contributed by atoms with van der Waals surface area (Å²) in [4.78, 5) is 34.4. The van der Waals surface area contributed by atoms with E-state index in [2.05, 4.69) is 15.3 Å². The average Bonchev–Trinajstić information content (AvgIpc) is 3.19. The van der Waals surface area contributed by atoms with E-state index < -0.39 is 0 Å². The number of benzene rings is 1. The molecular weight excluding hydrogens is 337 g/mol. The molecule has 4 rings (SSSR count). The van der Waals surface area contributed by atoms with Crippen LogP contribution in [0.4, 0.5) is 4.39 Å². The van der Waals surface area contributed by atoms with Gasteiger partial charge in [0.25, 0.3) is 5.91 Å². The summed E-state index contributed by atoms with van der Waals surface area (Å²) >= 11 is 0. The summed E-state index contributed by atoms with van der Waals surface area (Å²) < 4.78 is 14.9. The van der Waals surface area contributed by atoms with E-state index >= 15 is 0 Å². The van der Waals surface area contributed by atoms with E-state index in [-0.39, 0.29) is 35.8 Å². The predicted molar refractivity (Wildman–Crippen MR) is 90.7 cm³/mol. The number of halogens is 1. The standard InChI is InChI=1S/C18H16FN5O2/c19-13-4-1-3-12(7-13)9-24-10-14(8-16(24)25)21-17(26)15-11-23-6-2-5-20-18(23)22-15/h1-7,11,14H,8-10H2,(H,21,26). The van der Waals surface area contributed by atoms with Crippen molar-refractivity contribution in [3.63, 3.8) is 0 Å². The lowest BCUT2D eigenvalue weighted by atomic mass is 10.2. The summed E-state index contributed by atoms with van der Waals surface area (Å²) in [5.41, 5.74) is 0.969. The van der Waals surface area contributed by atoms with Crippen LogP contribution >= 0.6 is 0 Å². The zero-order valence-corrected chi connectivity index (χ0v) is 13.8. The molecule has 0 aliphatic carbocycles. The van der Waals surface area contributed by atoms with Crippen molar-refractivity contribution in [3.05, 3.63) is 66.0 Å². The SMILES string of the molecule is O=C(NC1CC(=O)N(Cc2cccc(F)c2)C1)c1cn2cccnc2n1. The summed E-state index contributed by atoms with van der Waals surface area (Å²) in [6.07, 6.45) is 5.17. The van der Waals surface area contributed by atoms with Crippen LogP contribution < -0.4 is 5.32 Å². The zero-order chi connectivity index (χ0) is 18.1. The van der Waals surface area contributed by atoms with Gasteiger partial charge >= 0.3 is 0 Å². The lowest BCUT2D eigenvalue weighted by Gasteiger charge is -2.17. The van der Waals surface area contributed by atoms with Gasteiger partial charge in [-0.2, -0.15) is 0 Å². The number of amides is 2. The maximum Gasteiger partial charge on any atom is 0.271 e.